The number of benzene rings is 2. The number of nitrogens with two attached hydrogens (primary N) is 1. The molecule has 0 spiro atoms. The Bertz CT molecular complexity index is 1040. The van der Waals surface area contributed by atoms with E-state index in [2.05, 4.69) is 4.98 Å². The molecule has 0 radical (unpaired) electrons. The number of ether oxygens (including phenoxy) is 1. The Hall–Kier alpha value is -2.80. The molecule has 0 saturated heterocycles. The summed E-state index contributed by atoms with van der Waals surface area (Å²) in [5.41, 5.74) is 7.22. The molecule has 2 aromatic carbocycles. The Morgan fingerprint density at radius 2 is 1.39 bits per heavy atom. The van der Waals surface area contributed by atoms with Crippen LogP contribution < -0.4 is 5.73 Å². The molecule has 160 valence electrons. The molecule has 0 aliphatic rings. The molecular formula is C22H18Cl3N3O3. The summed E-state index contributed by atoms with van der Waals surface area (Å²) in [6.45, 7) is 0.201. The van der Waals surface area contributed by atoms with Crippen LogP contribution in [0.15, 0.2) is 60.7 Å². The molecular weight excluding hydrogens is 461 g/mol. The number of carbonyl (C=O) groups is 2. The molecule has 0 aliphatic heterocycles. The van der Waals surface area contributed by atoms with Gasteiger partial charge in [0.1, 0.15) is 5.02 Å². The summed E-state index contributed by atoms with van der Waals surface area (Å²) in [6, 6.07) is 19.0. The maximum Gasteiger partial charge on any atom is 0.359 e. The zero-order chi connectivity index (χ0) is 22.4. The zero-order valence-electron chi connectivity index (χ0n) is 16.2. The molecule has 0 atom stereocenters. The molecule has 0 saturated carbocycles. The highest BCUT2D eigenvalue weighted by Crippen LogP contribution is 2.34. The first-order valence-corrected chi connectivity index (χ1v) is 10.3. The number of amides is 1. The summed E-state index contributed by atoms with van der Waals surface area (Å²) in [5.74, 6) is -1.31. The number of nitrogens with zero attached hydrogens (tertiary/aromatic N) is 2. The average Bonchev–Trinajstić information content (AvgIpc) is 2.79. The van der Waals surface area contributed by atoms with E-state index in [0.29, 0.717) is 13.1 Å². The molecule has 9 heteroatoms. The van der Waals surface area contributed by atoms with Crippen LogP contribution in [0.1, 0.15) is 21.6 Å². The van der Waals surface area contributed by atoms with Crippen molar-refractivity contribution >= 4 is 52.4 Å². The predicted molar refractivity (Wildman–Crippen MR) is 121 cm³/mol. The molecule has 1 amide bonds. The first-order chi connectivity index (χ1) is 14.9. The maximum atomic E-state index is 12.9. The van der Waals surface area contributed by atoms with Crippen LogP contribution in [0.2, 0.25) is 15.2 Å². The van der Waals surface area contributed by atoms with Crippen molar-refractivity contribution in [3.8, 4) is 0 Å². The van der Waals surface area contributed by atoms with Crippen LogP contribution in [0.4, 0.5) is 5.69 Å². The van der Waals surface area contributed by atoms with Crippen molar-refractivity contribution in [2.24, 2.45) is 0 Å². The minimum Gasteiger partial charge on any atom is -0.451 e. The van der Waals surface area contributed by atoms with Gasteiger partial charge in [-0.3, -0.25) is 4.79 Å². The predicted octanol–water partition coefficient (Wildman–Crippen LogP) is 5.01. The van der Waals surface area contributed by atoms with Gasteiger partial charge in [-0.05, 0) is 11.1 Å². The minimum atomic E-state index is -0.928. The number of rotatable bonds is 7. The minimum absolute atomic E-state index is 0.0591. The maximum absolute atomic E-state index is 12.9. The monoisotopic (exact) mass is 477 g/mol. The molecule has 0 unspecified atom stereocenters. The Morgan fingerprint density at radius 1 is 0.871 bits per heavy atom. The molecule has 31 heavy (non-hydrogen) atoms. The van der Waals surface area contributed by atoms with E-state index in [4.69, 9.17) is 45.3 Å². The van der Waals surface area contributed by atoms with Gasteiger partial charge in [0.25, 0.3) is 5.91 Å². The van der Waals surface area contributed by atoms with Gasteiger partial charge in [0.2, 0.25) is 0 Å². The molecule has 0 bridgehead atoms. The number of esters is 1. The van der Waals surface area contributed by atoms with Gasteiger partial charge in [-0.2, -0.15) is 0 Å². The van der Waals surface area contributed by atoms with Gasteiger partial charge in [-0.1, -0.05) is 95.5 Å². The number of halogens is 3. The molecule has 3 aromatic rings. The van der Waals surface area contributed by atoms with Crippen molar-refractivity contribution in [3.63, 3.8) is 0 Å². The third kappa shape index (κ3) is 5.88. The number of nitrogen functional groups attached to an aromatic ring is 1. The SMILES string of the molecule is Nc1c(Cl)c(Cl)nc(C(=O)OCC(=O)N(Cc2ccccc2)Cc2ccccc2)c1Cl. The summed E-state index contributed by atoms with van der Waals surface area (Å²) >= 11 is 17.8. The summed E-state index contributed by atoms with van der Waals surface area (Å²) in [6.07, 6.45) is 0. The lowest BCUT2D eigenvalue weighted by Crippen LogP contribution is -2.34. The van der Waals surface area contributed by atoms with Crippen molar-refractivity contribution < 1.29 is 14.3 Å². The van der Waals surface area contributed by atoms with Gasteiger partial charge in [0, 0.05) is 13.1 Å². The van der Waals surface area contributed by atoms with E-state index in [1.54, 1.807) is 4.90 Å². The summed E-state index contributed by atoms with van der Waals surface area (Å²) in [5, 5.41) is -0.426. The smallest absolute Gasteiger partial charge is 0.359 e. The third-order valence-electron chi connectivity index (χ3n) is 4.38. The van der Waals surface area contributed by atoms with Crippen LogP contribution in [0.3, 0.4) is 0 Å². The lowest BCUT2D eigenvalue weighted by Gasteiger charge is -2.23. The second kappa shape index (κ2) is 10.5. The topological polar surface area (TPSA) is 85.5 Å². The van der Waals surface area contributed by atoms with Crippen LogP contribution in [0.5, 0.6) is 0 Å². The number of aromatic nitrogens is 1. The highest BCUT2D eigenvalue weighted by molar-refractivity contribution is 6.46. The molecule has 2 N–H and O–H groups in total. The molecule has 6 nitrogen and oxygen atoms in total. The number of carbonyl (C=O) groups excluding carboxylic acids is 2. The number of hydrogen-bond donors (Lipinski definition) is 1. The Kier molecular flexibility index (Phi) is 7.74. The largest absolute Gasteiger partial charge is 0.451 e. The van der Waals surface area contributed by atoms with Gasteiger partial charge >= 0.3 is 5.97 Å². The Labute approximate surface area is 194 Å². The molecule has 0 fully saturated rings. The summed E-state index contributed by atoms with van der Waals surface area (Å²) < 4.78 is 5.14. The van der Waals surface area contributed by atoms with E-state index in [-0.39, 0.29) is 32.5 Å². The fraction of sp³-hybridized carbons (Fsp3) is 0.136. The Balaban J connectivity index is 1.73. The van der Waals surface area contributed by atoms with Crippen molar-refractivity contribution in [2.45, 2.75) is 13.1 Å². The van der Waals surface area contributed by atoms with Gasteiger partial charge in [-0.15, -0.1) is 0 Å². The van der Waals surface area contributed by atoms with Gasteiger partial charge < -0.3 is 15.4 Å². The molecule has 0 aliphatic carbocycles. The quantitative estimate of drug-likeness (QED) is 0.381. The third-order valence-corrected chi connectivity index (χ3v) is 5.51. The highest BCUT2D eigenvalue weighted by atomic mass is 35.5. The summed E-state index contributed by atoms with van der Waals surface area (Å²) in [4.78, 5) is 30.7. The van der Waals surface area contributed by atoms with E-state index >= 15 is 0 Å². The van der Waals surface area contributed by atoms with Crippen LogP contribution in [-0.4, -0.2) is 28.4 Å². The molecule has 1 aromatic heterocycles. The van der Waals surface area contributed by atoms with E-state index in [9.17, 15) is 9.59 Å². The van der Waals surface area contributed by atoms with E-state index in [0.717, 1.165) is 11.1 Å². The van der Waals surface area contributed by atoms with Crippen LogP contribution in [0, 0.1) is 0 Å². The average molecular weight is 479 g/mol. The Morgan fingerprint density at radius 3 is 1.90 bits per heavy atom. The van der Waals surface area contributed by atoms with Crippen LogP contribution >= 0.6 is 34.8 Å². The van der Waals surface area contributed by atoms with E-state index < -0.39 is 12.6 Å². The van der Waals surface area contributed by atoms with Crippen LogP contribution in [0.25, 0.3) is 0 Å². The van der Waals surface area contributed by atoms with Gasteiger partial charge in [0.15, 0.2) is 17.5 Å². The fourth-order valence-corrected chi connectivity index (χ4v) is 3.38. The first kappa shape index (κ1) is 22.9. The lowest BCUT2D eigenvalue weighted by molar-refractivity contribution is -0.135. The number of hydrogen-bond acceptors (Lipinski definition) is 5. The first-order valence-electron chi connectivity index (χ1n) is 9.19. The standard InChI is InChI=1S/C22H18Cl3N3O3/c23-17-19(26)18(24)21(25)27-20(17)22(30)31-13-16(29)28(11-14-7-3-1-4-8-14)12-15-9-5-2-6-10-15/h1-10H,11-13H2,(H2,26,27). The van der Waals surface area contributed by atoms with Crippen molar-refractivity contribution in [2.75, 3.05) is 12.3 Å². The van der Waals surface area contributed by atoms with E-state index in [1.807, 2.05) is 60.7 Å². The molecule has 3 rings (SSSR count). The van der Waals surface area contributed by atoms with E-state index in [1.165, 1.54) is 0 Å². The highest BCUT2D eigenvalue weighted by Gasteiger charge is 2.23. The van der Waals surface area contributed by atoms with Crippen LogP contribution in [-0.2, 0) is 22.6 Å². The second-order valence-corrected chi connectivity index (χ2v) is 7.70. The number of pyridine rings is 1. The van der Waals surface area contributed by atoms with Crippen molar-refractivity contribution in [1.29, 1.82) is 0 Å². The zero-order valence-corrected chi connectivity index (χ0v) is 18.5. The molecule has 1 heterocycles. The fourth-order valence-electron chi connectivity index (χ4n) is 2.79. The normalized spacial score (nSPS) is 10.5. The second-order valence-electron chi connectivity index (χ2n) is 6.59. The van der Waals surface area contributed by atoms with Crippen molar-refractivity contribution in [1.82, 2.24) is 9.88 Å². The van der Waals surface area contributed by atoms with Gasteiger partial charge in [0.05, 0.1) is 10.7 Å². The van der Waals surface area contributed by atoms with Gasteiger partial charge in [-0.25, -0.2) is 9.78 Å². The lowest BCUT2D eigenvalue weighted by atomic mass is 10.1. The van der Waals surface area contributed by atoms with Crippen molar-refractivity contribution in [3.05, 3.63) is 92.7 Å². The number of anilines is 1. The summed E-state index contributed by atoms with van der Waals surface area (Å²) in [7, 11) is 0.